The number of benzene rings is 1. The first-order chi connectivity index (χ1) is 10.1. The van der Waals surface area contributed by atoms with Crippen molar-refractivity contribution < 1.29 is 9.21 Å². The molecule has 0 bridgehead atoms. The van der Waals surface area contributed by atoms with Crippen LogP contribution in [0.1, 0.15) is 38.1 Å². The van der Waals surface area contributed by atoms with E-state index < -0.39 is 0 Å². The summed E-state index contributed by atoms with van der Waals surface area (Å²) < 4.78 is 5.92. The first-order valence-electron chi connectivity index (χ1n) is 7.57. The number of furan rings is 1. The van der Waals surface area contributed by atoms with Gasteiger partial charge in [-0.15, -0.1) is 0 Å². The van der Waals surface area contributed by atoms with Crippen molar-refractivity contribution in [1.82, 2.24) is 10.2 Å². The molecule has 114 valence electrons. The molecule has 0 aliphatic carbocycles. The zero-order valence-electron chi connectivity index (χ0n) is 13.3. The first-order valence-corrected chi connectivity index (χ1v) is 7.57. The molecule has 0 radical (unpaired) electrons. The third kappa shape index (κ3) is 3.27. The van der Waals surface area contributed by atoms with Crippen LogP contribution in [-0.2, 0) is 4.79 Å². The summed E-state index contributed by atoms with van der Waals surface area (Å²) >= 11 is 0. The molecule has 4 heteroatoms. The Bertz CT molecular complexity index is 614. The van der Waals surface area contributed by atoms with Crippen LogP contribution in [0.25, 0.3) is 11.0 Å². The van der Waals surface area contributed by atoms with Crippen molar-refractivity contribution in [2.45, 2.75) is 33.7 Å². The van der Waals surface area contributed by atoms with Gasteiger partial charge in [0.15, 0.2) is 0 Å². The second kappa shape index (κ2) is 6.76. The van der Waals surface area contributed by atoms with Gasteiger partial charge in [-0.1, -0.05) is 18.2 Å². The van der Waals surface area contributed by atoms with Gasteiger partial charge in [0.05, 0.1) is 12.6 Å². The van der Waals surface area contributed by atoms with Crippen LogP contribution in [0, 0.1) is 6.92 Å². The average molecular weight is 288 g/mol. The number of amides is 1. The van der Waals surface area contributed by atoms with E-state index in [2.05, 4.69) is 18.3 Å². The Kier molecular flexibility index (Phi) is 5.02. The summed E-state index contributed by atoms with van der Waals surface area (Å²) in [5.41, 5.74) is 2.04. The molecule has 21 heavy (non-hydrogen) atoms. The summed E-state index contributed by atoms with van der Waals surface area (Å²) in [5, 5.41) is 4.40. The molecule has 4 nitrogen and oxygen atoms in total. The van der Waals surface area contributed by atoms with Gasteiger partial charge in [0.2, 0.25) is 5.91 Å². The molecule has 0 spiro atoms. The van der Waals surface area contributed by atoms with E-state index in [1.165, 1.54) is 0 Å². The van der Waals surface area contributed by atoms with Crippen molar-refractivity contribution in [3.63, 3.8) is 0 Å². The fourth-order valence-corrected chi connectivity index (χ4v) is 2.63. The third-order valence-electron chi connectivity index (χ3n) is 3.95. The molecule has 0 aliphatic rings. The van der Waals surface area contributed by atoms with E-state index in [0.717, 1.165) is 35.4 Å². The number of fused-ring (bicyclic) bond motifs is 1. The molecule has 1 aromatic carbocycles. The molecule has 0 saturated heterocycles. The molecular formula is C17H24N2O2. The van der Waals surface area contributed by atoms with Gasteiger partial charge >= 0.3 is 0 Å². The summed E-state index contributed by atoms with van der Waals surface area (Å²) in [7, 11) is 0. The minimum Gasteiger partial charge on any atom is -0.459 e. The van der Waals surface area contributed by atoms with Crippen LogP contribution in [0.3, 0.4) is 0 Å². The van der Waals surface area contributed by atoms with Gasteiger partial charge in [-0.25, -0.2) is 0 Å². The monoisotopic (exact) mass is 288 g/mol. The number of aryl methyl sites for hydroxylation is 1. The fraction of sp³-hybridized carbons (Fsp3) is 0.471. The van der Waals surface area contributed by atoms with Crippen LogP contribution < -0.4 is 5.32 Å². The zero-order chi connectivity index (χ0) is 15.4. The lowest BCUT2D eigenvalue weighted by Gasteiger charge is -2.20. The predicted octanol–water partition coefficient (Wildman–Crippen LogP) is 3.26. The standard InChI is InChI=1S/C17H24N2O2/c1-5-19(6-2)16(20)11-18-13(4)17-12(3)14-9-7-8-10-15(14)21-17/h7-10,13,18H,5-6,11H2,1-4H3. The molecule has 1 N–H and O–H groups in total. The number of hydrogen-bond donors (Lipinski definition) is 1. The van der Waals surface area contributed by atoms with Crippen LogP contribution in [0.2, 0.25) is 0 Å². The van der Waals surface area contributed by atoms with E-state index in [1.807, 2.05) is 43.9 Å². The number of nitrogens with one attached hydrogen (secondary N) is 1. The highest BCUT2D eigenvalue weighted by Crippen LogP contribution is 2.28. The number of likely N-dealkylation sites (N-methyl/N-ethyl adjacent to an activating group) is 1. The number of carbonyl (C=O) groups is 1. The normalized spacial score (nSPS) is 12.6. The maximum Gasteiger partial charge on any atom is 0.236 e. The van der Waals surface area contributed by atoms with E-state index in [9.17, 15) is 4.79 Å². The number of nitrogens with zero attached hydrogens (tertiary/aromatic N) is 1. The van der Waals surface area contributed by atoms with Crippen LogP contribution >= 0.6 is 0 Å². The topological polar surface area (TPSA) is 45.5 Å². The highest BCUT2D eigenvalue weighted by Gasteiger charge is 2.18. The lowest BCUT2D eigenvalue weighted by molar-refractivity contribution is -0.130. The molecule has 1 unspecified atom stereocenters. The second-order valence-corrected chi connectivity index (χ2v) is 5.26. The van der Waals surface area contributed by atoms with Gasteiger partial charge < -0.3 is 9.32 Å². The third-order valence-corrected chi connectivity index (χ3v) is 3.95. The average Bonchev–Trinajstić information content (AvgIpc) is 2.84. The summed E-state index contributed by atoms with van der Waals surface area (Å²) in [4.78, 5) is 13.9. The molecule has 1 atom stereocenters. The Morgan fingerprint density at radius 2 is 1.95 bits per heavy atom. The minimum absolute atomic E-state index is 0.0110. The van der Waals surface area contributed by atoms with Crippen molar-refractivity contribution in [3.8, 4) is 0 Å². The van der Waals surface area contributed by atoms with Gasteiger partial charge in [0, 0.05) is 18.5 Å². The van der Waals surface area contributed by atoms with Gasteiger partial charge in [-0.2, -0.15) is 0 Å². The number of rotatable bonds is 6. The lowest BCUT2D eigenvalue weighted by atomic mass is 10.1. The summed E-state index contributed by atoms with van der Waals surface area (Å²) in [6, 6.07) is 8.02. The molecule has 2 rings (SSSR count). The van der Waals surface area contributed by atoms with Crippen LogP contribution in [-0.4, -0.2) is 30.4 Å². The van der Waals surface area contributed by atoms with Crippen molar-refractivity contribution in [2.75, 3.05) is 19.6 Å². The molecule has 1 amide bonds. The van der Waals surface area contributed by atoms with Gasteiger partial charge in [0.1, 0.15) is 11.3 Å². The lowest BCUT2D eigenvalue weighted by Crippen LogP contribution is -2.38. The molecule has 2 aromatic rings. The summed E-state index contributed by atoms with van der Waals surface area (Å²) in [5.74, 6) is 1.03. The van der Waals surface area contributed by atoms with E-state index >= 15 is 0 Å². The molecule has 1 heterocycles. The van der Waals surface area contributed by atoms with Crippen LogP contribution in [0.5, 0.6) is 0 Å². The smallest absolute Gasteiger partial charge is 0.236 e. The maximum atomic E-state index is 12.0. The van der Waals surface area contributed by atoms with Crippen LogP contribution in [0.15, 0.2) is 28.7 Å². The molecule has 0 aliphatic heterocycles. The Hall–Kier alpha value is -1.81. The van der Waals surface area contributed by atoms with Crippen molar-refractivity contribution >= 4 is 16.9 Å². The highest BCUT2D eigenvalue weighted by atomic mass is 16.3. The minimum atomic E-state index is 0.0110. The Balaban J connectivity index is 2.07. The van der Waals surface area contributed by atoms with Crippen molar-refractivity contribution in [3.05, 3.63) is 35.6 Å². The van der Waals surface area contributed by atoms with E-state index in [-0.39, 0.29) is 11.9 Å². The SMILES string of the molecule is CCN(CC)C(=O)CNC(C)c1oc2ccccc2c1C. The summed E-state index contributed by atoms with van der Waals surface area (Å²) in [6.45, 7) is 9.90. The number of para-hydroxylation sites is 1. The Morgan fingerprint density at radius 1 is 1.29 bits per heavy atom. The van der Waals surface area contributed by atoms with Crippen LogP contribution in [0.4, 0.5) is 0 Å². The number of hydrogen-bond acceptors (Lipinski definition) is 3. The molecule has 0 fully saturated rings. The van der Waals surface area contributed by atoms with E-state index in [4.69, 9.17) is 4.42 Å². The fourth-order valence-electron chi connectivity index (χ4n) is 2.63. The Morgan fingerprint density at radius 3 is 2.57 bits per heavy atom. The summed E-state index contributed by atoms with van der Waals surface area (Å²) in [6.07, 6.45) is 0. The number of carbonyl (C=O) groups excluding carboxylic acids is 1. The van der Waals surface area contributed by atoms with Crippen molar-refractivity contribution in [1.29, 1.82) is 0 Å². The highest BCUT2D eigenvalue weighted by molar-refractivity contribution is 5.82. The largest absolute Gasteiger partial charge is 0.459 e. The van der Waals surface area contributed by atoms with E-state index in [0.29, 0.717) is 6.54 Å². The molecule has 0 saturated carbocycles. The molecule has 1 aromatic heterocycles. The quantitative estimate of drug-likeness (QED) is 0.887. The van der Waals surface area contributed by atoms with Gasteiger partial charge in [0.25, 0.3) is 0 Å². The van der Waals surface area contributed by atoms with Crippen molar-refractivity contribution in [2.24, 2.45) is 0 Å². The maximum absolute atomic E-state index is 12.0. The second-order valence-electron chi connectivity index (χ2n) is 5.26. The van der Waals surface area contributed by atoms with Gasteiger partial charge in [-0.05, 0) is 39.3 Å². The molecular weight excluding hydrogens is 264 g/mol. The first kappa shape index (κ1) is 15.6. The predicted molar refractivity (Wildman–Crippen MR) is 85.3 cm³/mol. The zero-order valence-corrected chi connectivity index (χ0v) is 13.3. The Labute approximate surface area is 126 Å². The van der Waals surface area contributed by atoms with Gasteiger partial charge in [-0.3, -0.25) is 10.1 Å². The van der Waals surface area contributed by atoms with E-state index in [1.54, 1.807) is 0 Å².